The Kier molecular flexibility index (Phi) is 5.80. The van der Waals surface area contributed by atoms with Crippen LogP contribution in [0.25, 0.3) is 5.69 Å². The van der Waals surface area contributed by atoms with Crippen molar-refractivity contribution in [2.24, 2.45) is 5.92 Å². The molecule has 2 saturated heterocycles. The highest BCUT2D eigenvalue weighted by Crippen LogP contribution is 2.50. The number of nitrogens with zero attached hydrogens (tertiary/aromatic N) is 3. The number of amides is 2. The highest BCUT2D eigenvalue weighted by atomic mass is 79.9. The Bertz CT molecular complexity index is 1520. The molecule has 0 aliphatic carbocycles. The number of fused-ring (bicyclic) bond motifs is 1. The predicted octanol–water partition coefficient (Wildman–Crippen LogP) is 5.37. The average molecular weight is 583 g/mol. The normalized spacial score (nSPS) is 21.3. The van der Waals surface area contributed by atoms with E-state index in [1.165, 1.54) is 9.63 Å². The molecule has 4 aromatic rings. The van der Waals surface area contributed by atoms with Crippen molar-refractivity contribution in [2.45, 2.75) is 12.1 Å². The summed E-state index contributed by atoms with van der Waals surface area (Å²) in [7, 11) is 0. The number of imide groups is 1. The number of thiazole rings is 1. The molecule has 0 bridgehead atoms. The third-order valence-corrected chi connectivity index (χ3v) is 8.30. The van der Waals surface area contributed by atoms with Gasteiger partial charge in [-0.2, -0.15) is 0 Å². The van der Waals surface area contributed by atoms with Gasteiger partial charge in [0.25, 0.3) is 5.91 Å². The molecule has 6 rings (SSSR count). The van der Waals surface area contributed by atoms with Crippen LogP contribution >= 0.6 is 38.9 Å². The van der Waals surface area contributed by atoms with Crippen molar-refractivity contribution >= 4 is 62.1 Å². The number of para-hydroxylation sites is 2. The van der Waals surface area contributed by atoms with E-state index in [2.05, 4.69) is 15.9 Å². The summed E-state index contributed by atoms with van der Waals surface area (Å²) in [6.45, 7) is 0. The molecule has 10 heteroatoms. The number of aromatic nitrogens is 1. The molecule has 1 aromatic heterocycles. The van der Waals surface area contributed by atoms with E-state index in [1.807, 2.05) is 48.5 Å². The molecule has 180 valence electrons. The quantitative estimate of drug-likeness (QED) is 0.303. The SMILES string of the molecule is O=C1[C@H]2[C@@H](ON(c3ccccc3)[C@H]2c2sc(=O)n(-c3ccccc3)c2Cl)C(=O)N1c1ccc(Br)cc1. The number of anilines is 2. The van der Waals surface area contributed by atoms with Crippen molar-refractivity contribution in [1.82, 2.24) is 4.57 Å². The molecule has 0 N–H and O–H groups in total. The summed E-state index contributed by atoms with van der Waals surface area (Å²) < 4.78 is 2.24. The number of rotatable bonds is 4. The summed E-state index contributed by atoms with van der Waals surface area (Å²) in [6, 6.07) is 24.4. The Labute approximate surface area is 223 Å². The second kappa shape index (κ2) is 9.01. The lowest BCUT2D eigenvalue weighted by Crippen LogP contribution is -2.37. The number of halogens is 2. The fraction of sp³-hybridized carbons (Fsp3) is 0.115. The number of carbonyl (C=O) groups is 2. The Balaban J connectivity index is 1.48. The highest BCUT2D eigenvalue weighted by molar-refractivity contribution is 9.10. The van der Waals surface area contributed by atoms with Gasteiger partial charge in [0.05, 0.1) is 21.9 Å². The molecule has 2 aliphatic heterocycles. The highest BCUT2D eigenvalue weighted by Gasteiger charge is 2.61. The number of hydrogen-bond donors (Lipinski definition) is 0. The second-order valence-electron chi connectivity index (χ2n) is 8.34. The van der Waals surface area contributed by atoms with E-state index >= 15 is 0 Å². The molecule has 0 radical (unpaired) electrons. The van der Waals surface area contributed by atoms with E-state index in [4.69, 9.17) is 16.4 Å². The molecule has 0 saturated carbocycles. The molecule has 0 unspecified atom stereocenters. The zero-order valence-corrected chi connectivity index (χ0v) is 21.6. The minimum atomic E-state index is -1.05. The fourth-order valence-electron chi connectivity index (χ4n) is 4.67. The zero-order valence-electron chi connectivity index (χ0n) is 18.5. The van der Waals surface area contributed by atoms with Crippen LogP contribution in [0.3, 0.4) is 0 Å². The van der Waals surface area contributed by atoms with Gasteiger partial charge >= 0.3 is 4.87 Å². The first-order valence-corrected chi connectivity index (χ1v) is 13.1. The van der Waals surface area contributed by atoms with Crippen LogP contribution in [-0.4, -0.2) is 22.5 Å². The number of benzene rings is 3. The first-order chi connectivity index (χ1) is 17.5. The molecule has 2 aliphatic rings. The Hall–Kier alpha value is -3.24. The lowest BCUT2D eigenvalue weighted by Gasteiger charge is -2.28. The Morgan fingerprint density at radius 3 is 2.03 bits per heavy atom. The molecule has 2 fully saturated rings. The van der Waals surface area contributed by atoms with Gasteiger partial charge in [-0.1, -0.05) is 75.3 Å². The van der Waals surface area contributed by atoms with Gasteiger partial charge in [0.15, 0.2) is 6.10 Å². The molecule has 7 nitrogen and oxygen atoms in total. The first kappa shape index (κ1) is 23.2. The van der Waals surface area contributed by atoms with Crippen LogP contribution in [0.4, 0.5) is 11.4 Å². The number of carbonyl (C=O) groups excluding carboxylic acids is 2. The van der Waals surface area contributed by atoms with Gasteiger partial charge in [-0.25, -0.2) is 9.96 Å². The maximum Gasteiger partial charge on any atom is 0.313 e. The van der Waals surface area contributed by atoms with Gasteiger partial charge < -0.3 is 0 Å². The molecular weight excluding hydrogens is 566 g/mol. The average Bonchev–Trinajstić information content (AvgIpc) is 3.50. The van der Waals surface area contributed by atoms with Crippen LogP contribution in [-0.2, 0) is 14.4 Å². The lowest BCUT2D eigenvalue weighted by molar-refractivity contribution is -0.126. The summed E-state index contributed by atoms with van der Waals surface area (Å²) in [5, 5.41) is 1.73. The monoisotopic (exact) mass is 581 g/mol. The van der Waals surface area contributed by atoms with Crippen LogP contribution in [0.2, 0.25) is 5.15 Å². The first-order valence-electron chi connectivity index (χ1n) is 11.1. The summed E-state index contributed by atoms with van der Waals surface area (Å²) in [6.07, 6.45) is -1.05. The molecule has 0 spiro atoms. The maximum absolute atomic E-state index is 13.8. The van der Waals surface area contributed by atoms with Gasteiger partial charge in [0, 0.05) is 4.47 Å². The lowest BCUT2D eigenvalue weighted by atomic mass is 9.95. The van der Waals surface area contributed by atoms with Gasteiger partial charge in [-0.05, 0) is 48.5 Å². The molecule has 2 amide bonds. The molecule has 36 heavy (non-hydrogen) atoms. The summed E-state index contributed by atoms with van der Waals surface area (Å²) >= 11 is 11.1. The summed E-state index contributed by atoms with van der Waals surface area (Å²) in [4.78, 5) is 47.8. The Morgan fingerprint density at radius 2 is 1.39 bits per heavy atom. The van der Waals surface area contributed by atoms with Crippen LogP contribution in [0, 0.1) is 5.92 Å². The van der Waals surface area contributed by atoms with Gasteiger partial charge in [0.1, 0.15) is 17.1 Å². The van der Waals surface area contributed by atoms with Crippen molar-refractivity contribution in [2.75, 3.05) is 9.96 Å². The standard InChI is InChI=1S/C26H17BrClN3O4S/c27-15-11-13-17(14-12-15)30-24(32)19-20(31(35-21(19)25(30)33)18-9-5-2-6-10-18)22-23(28)29(26(34)36-22)16-7-3-1-4-8-16/h1-14,19-21H/t19-,20-,21-/m1/s1. The molecular formula is C26H17BrClN3O4S. The minimum absolute atomic E-state index is 0.189. The van der Waals surface area contributed by atoms with E-state index < -0.39 is 29.9 Å². The van der Waals surface area contributed by atoms with Crippen molar-refractivity contribution in [3.63, 3.8) is 0 Å². The van der Waals surface area contributed by atoms with Crippen LogP contribution in [0.5, 0.6) is 0 Å². The van der Waals surface area contributed by atoms with Crippen LogP contribution < -0.4 is 14.8 Å². The van der Waals surface area contributed by atoms with E-state index in [1.54, 1.807) is 36.4 Å². The fourth-order valence-corrected chi connectivity index (χ4v) is 6.41. The number of hydroxylamine groups is 1. The number of hydrogen-bond acceptors (Lipinski definition) is 6. The Morgan fingerprint density at radius 1 is 0.778 bits per heavy atom. The second-order valence-corrected chi connectivity index (χ2v) is 10.6. The third kappa shape index (κ3) is 3.62. The predicted molar refractivity (Wildman–Crippen MR) is 142 cm³/mol. The van der Waals surface area contributed by atoms with Gasteiger partial charge in [-0.3, -0.25) is 23.8 Å². The topological polar surface area (TPSA) is 71.8 Å². The summed E-state index contributed by atoms with van der Waals surface area (Å²) in [5.74, 6) is -1.75. The molecule has 3 heterocycles. The van der Waals surface area contributed by atoms with E-state index in [0.29, 0.717) is 21.9 Å². The summed E-state index contributed by atoms with van der Waals surface area (Å²) in [5.41, 5.74) is 1.72. The van der Waals surface area contributed by atoms with Crippen LogP contribution in [0.15, 0.2) is 94.2 Å². The van der Waals surface area contributed by atoms with E-state index in [9.17, 15) is 14.4 Å². The third-order valence-electron chi connectivity index (χ3n) is 6.27. The van der Waals surface area contributed by atoms with Crippen molar-refractivity contribution in [1.29, 1.82) is 0 Å². The van der Waals surface area contributed by atoms with E-state index in [-0.39, 0.29) is 10.0 Å². The minimum Gasteiger partial charge on any atom is -0.273 e. The maximum atomic E-state index is 13.8. The van der Waals surface area contributed by atoms with Crippen molar-refractivity contribution in [3.8, 4) is 5.69 Å². The zero-order chi connectivity index (χ0) is 25.0. The van der Waals surface area contributed by atoms with E-state index in [0.717, 1.165) is 20.7 Å². The van der Waals surface area contributed by atoms with Crippen molar-refractivity contribution < 1.29 is 14.4 Å². The van der Waals surface area contributed by atoms with Crippen LogP contribution in [0.1, 0.15) is 10.9 Å². The van der Waals surface area contributed by atoms with Crippen molar-refractivity contribution in [3.05, 3.63) is 109 Å². The van der Waals surface area contributed by atoms with Gasteiger partial charge in [0.2, 0.25) is 5.91 Å². The smallest absolute Gasteiger partial charge is 0.273 e. The largest absolute Gasteiger partial charge is 0.313 e. The molecule has 3 atom stereocenters. The van der Waals surface area contributed by atoms with Gasteiger partial charge in [-0.15, -0.1) is 0 Å². The molecule has 3 aromatic carbocycles.